The van der Waals surface area contributed by atoms with Crippen molar-refractivity contribution >= 4 is 5.78 Å². The predicted molar refractivity (Wildman–Crippen MR) is 48.6 cm³/mol. The van der Waals surface area contributed by atoms with E-state index in [9.17, 15) is 4.79 Å². The average molecular weight is 156 g/mol. The number of carbonyl (C=O) groups excluding carboxylic acids is 1. The van der Waals surface area contributed by atoms with Crippen molar-refractivity contribution in [2.75, 3.05) is 0 Å². The number of hydrogen-bond acceptors (Lipinski definition) is 1. The minimum Gasteiger partial charge on any atom is -0.300 e. The first-order valence-corrected chi connectivity index (χ1v) is 4.69. The molecule has 0 saturated carbocycles. The van der Waals surface area contributed by atoms with Gasteiger partial charge in [0.15, 0.2) is 0 Å². The second-order valence-electron chi connectivity index (χ2n) is 3.36. The monoisotopic (exact) mass is 156 g/mol. The van der Waals surface area contributed by atoms with Gasteiger partial charge in [-0.25, -0.2) is 0 Å². The average Bonchev–Trinajstić information content (AvgIpc) is 1.97. The number of carbonyl (C=O) groups is 1. The molecule has 11 heavy (non-hydrogen) atoms. The van der Waals surface area contributed by atoms with Gasteiger partial charge in [0.25, 0.3) is 0 Å². The predicted octanol–water partition coefficient (Wildman–Crippen LogP) is 3.18. The molecule has 0 aliphatic heterocycles. The molecule has 0 aromatic heterocycles. The lowest BCUT2D eigenvalue weighted by atomic mass is 9.99. The van der Waals surface area contributed by atoms with Crippen LogP contribution in [-0.2, 0) is 4.79 Å². The van der Waals surface area contributed by atoms with E-state index in [1.807, 2.05) is 6.92 Å². The smallest absolute Gasteiger partial charge is 0.132 e. The Kier molecular flexibility index (Phi) is 6.19. The highest BCUT2D eigenvalue weighted by Gasteiger charge is 2.05. The Balaban J connectivity index is 3.17. The molecule has 0 spiro atoms. The Morgan fingerprint density at radius 2 is 1.91 bits per heavy atom. The third-order valence-electron chi connectivity index (χ3n) is 2.18. The molecular weight excluding hydrogens is 136 g/mol. The second-order valence-corrected chi connectivity index (χ2v) is 3.36. The molecule has 0 unspecified atom stereocenters. The maximum Gasteiger partial charge on any atom is 0.132 e. The van der Waals surface area contributed by atoms with E-state index < -0.39 is 0 Å². The number of hydrogen-bond donors (Lipinski definition) is 0. The summed E-state index contributed by atoms with van der Waals surface area (Å²) in [6, 6.07) is 0. The van der Waals surface area contributed by atoms with Crippen LogP contribution in [-0.4, -0.2) is 5.78 Å². The minimum atomic E-state index is 0.284. The molecule has 1 heteroatoms. The molecule has 0 radical (unpaired) electrons. The fraction of sp³-hybridized carbons (Fsp3) is 0.900. The summed E-state index contributed by atoms with van der Waals surface area (Å²) in [5.74, 6) is 0.619. The summed E-state index contributed by atoms with van der Waals surface area (Å²) in [6.07, 6.45) is 6.16. The molecule has 0 aliphatic carbocycles. The molecular formula is C10H20O. The van der Waals surface area contributed by atoms with Crippen molar-refractivity contribution in [2.24, 2.45) is 5.92 Å². The molecule has 0 N–H and O–H groups in total. The largest absolute Gasteiger partial charge is 0.300 e. The highest BCUT2D eigenvalue weighted by Crippen LogP contribution is 2.10. The van der Waals surface area contributed by atoms with Crippen molar-refractivity contribution in [2.45, 2.75) is 52.9 Å². The number of unbranched alkanes of at least 4 members (excludes halogenated alkanes) is 3. The van der Waals surface area contributed by atoms with Gasteiger partial charge in [-0.2, -0.15) is 0 Å². The molecule has 0 aliphatic rings. The molecule has 0 aromatic rings. The third kappa shape index (κ3) is 6.08. The number of Topliss-reactive ketones (excluding diaryl/α,β-unsaturated/α-hetero) is 1. The van der Waals surface area contributed by atoms with Gasteiger partial charge in [-0.1, -0.05) is 39.5 Å². The summed E-state index contributed by atoms with van der Waals surface area (Å²) in [7, 11) is 0. The van der Waals surface area contributed by atoms with Gasteiger partial charge in [0, 0.05) is 5.92 Å². The van der Waals surface area contributed by atoms with Crippen molar-refractivity contribution in [1.82, 2.24) is 0 Å². The van der Waals surface area contributed by atoms with Crippen LogP contribution in [0, 0.1) is 5.92 Å². The van der Waals surface area contributed by atoms with Crippen LogP contribution >= 0.6 is 0 Å². The summed E-state index contributed by atoms with van der Waals surface area (Å²) in [4.78, 5) is 10.8. The van der Waals surface area contributed by atoms with Crippen LogP contribution < -0.4 is 0 Å². The van der Waals surface area contributed by atoms with Crippen molar-refractivity contribution in [3.8, 4) is 0 Å². The zero-order valence-electron chi connectivity index (χ0n) is 8.02. The zero-order chi connectivity index (χ0) is 8.69. The van der Waals surface area contributed by atoms with Gasteiger partial charge in [0.2, 0.25) is 0 Å². The maximum atomic E-state index is 10.8. The van der Waals surface area contributed by atoms with Gasteiger partial charge in [-0.15, -0.1) is 0 Å². The van der Waals surface area contributed by atoms with Crippen LogP contribution in [0.3, 0.4) is 0 Å². The van der Waals surface area contributed by atoms with Crippen LogP contribution in [0.4, 0.5) is 0 Å². The third-order valence-corrected chi connectivity index (χ3v) is 2.18. The molecule has 66 valence electrons. The van der Waals surface area contributed by atoms with Crippen molar-refractivity contribution < 1.29 is 4.79 Å². The van der Waals surface area contributed by atoms with E-state index in [0.717, 1.165) is 6.42 Å². The standard InChI is InChI=1S/C10H20O/c1-4-5-6-7-8-9(2)10(3)11/h9H,4-8H2,1-3H3/t9-/m0/s1. The molecule has 0 fully saturated rings. The summed E-state index contributed by atoms with van der Waals surface area (Å²) in [5, 5.41) is 0. The highest BCUT2D eigenvalue weighted by atomic mass is 16.1. The van der Waals surface area contributed by atoms with Crippen molar-refractivity contribution in [3.05, 3.63) is 0 Å². The van der Waals surface area contributed by atoms with E-state index in [0.29, 0.717) is 5.78 Å². The van der Waals surface area contributed by atoms with Gasteiger partial charge >= 0.3 is 0 Å². The Morgan fingerprint density at radius 3 is 2.36 bits per heavy atom. The topological polar surface area (TPSA) is 17.1 Å². The Bertz CT molecular complexity index is 107. The first-order chi connectivity index (χ1) is 5.18. The van der Waals surface area contributed by atoms with Crippen molar-refractivity contribution in [1.29, 1.82) is 0 Å². The van der Waals surface area contributed by atoms with E-state index in [1.54, 1.807) is 6.92 Å². The Labute approximate surface area is 70.2 Å². The summed E-state index contributed by atoms with van der Waals surface area (Å²) >= 11 is 0. The minimum absolute atomic E-state index is 0.284. The molecule has 0 rings (SSSR count). The quantitative estimate of drug-likeness (QED) is 0.540. The summed E-state index contributed by atoms with van der Waals surface area (Å²) in [6.45, 7) is 5.91. The maximum absolute atomic E-state index is 10.8. The van der Waals surface area contributed by atoms with Gasteiger partial charge in [-0.05, 0) is 13.3 Å². The van der Waals surface area contributed by atoms with Crippen LogP contribution in [0.25, 0.3) is 0 Å². The first kappa shape index (κ1) is 10.7. The fourth-order valence-electron chi connectivity index (χ4n) is 1.08. The van der Waals surface area contributed by atoms with Gasteiger partial charge in [0.1, 0.15) is 5.78 Å². The van der Waals surface area contributed by atoms with Crippen LogP contribution in [0.5, 0.6) is 0 Å². The first-order valence-electron chi connectivity index (χ1n) is 4.69. The number of rotatable bonds is 6. The van der Waals surface area contributed by atoms with E-state index in [2.05, 4.69) is 6.92 Å². The van der Waals surface area contributed by atoms with E-state index in [1.165, 1.54) is 25.7 Å². The van der Waals surface area contributed by atoms with Gasteiger partial charge in [-0.3, -0.25) is 4.79 Å². The van der Waals surface area contributed by atoms with Crippen LogP contribution in [0.15, 0.2) is 0 Å². The Morgan fingerprint density at radius 1 is 1.27 bits per heavy atom. The molecule has 0 heterocycles. The lowest BCUT2D eigenvalue weighted by molar-refractivity contribution is -0.120. The highest BCUT2D eigenvalue weighted by molar-refractivity contribution is 5.77. The fourth-order valence-corrected chi connectivity index (χ4v) is 1.08. The molecule has 1 atom stereocenters. The van der Waals surface area contributed by atoms with Crippen molar-refractivity contribution in [3.63, 3.8) is 0 Å². The van der Waals surface area contributed by atoms with Crippen LogP contribution in [0.2, 0.25) is 0 Å². The van der Waals surface area contributed by atoms with E-state index in [4.69, 9.17) is 0 Å². The summed E-state index contributed by atoms with van der Waals surface area (Å²) < 4.78 is 0. The lowest BCUT2D eigenvalue weighted by Crippen LogP contribution is -2.05. The van der Waals surface area contributed by atoms with Crippen LogP contribution in [0.1, 0.15) is 52.9 Å². The second kappa shape index (κ2) is 6.38. The van der Waals surface area contributed by atoms with Gasteiger partial charge < -0.3 is 0 Å². The van der Waals surface area contributed by atoms with E-state index in [-0.39, 0.29) is 5.92 Å². The molecule has 1 nitrogen and oxygen atoms in total. The molecule has 0 bridgehead atoms. The molecule has 0 aromatic carbocycles. The molecule has 0 saturated heterocycles. The molecule has 0 amide bonds. The zero-order valence-corrected chi connectivity index (χ0v) is 8.02. The Hall–Kier alpha value is -0.330. The normalized spacial score (nSPS) is 13.0. The van der Waals surface area contributed by atoms with E-state index >= 15 is 0 Å². The number of ketones is 1. The summed E-state index contributed by atoms with van der Waals surface area (Å²) in [5.41, 5.74) is 0. The SMILES string of the molecule is CCCCCC[C@H](C)C(C)=O. The van der Waals surface area contributed by atoms with Gasteiger partial charge in [0.05, 0.1) is 0 Å². The lowest BCUT2D eigenvalue weighted by Gasteiger charge is -2.05.